The predicted octanol–water partition coefficient (Wildman–Crippen LogP) is 3.73. The minimum Gasteiger partial charge on any atom is -0.330 e. The number of nitrogens with two attached hydrogens (primary N) is 2. The van der Waals surface area contributed by atoms with Crippen molar-refractivity contribution in [2.45, 2.75) is 18.9 Å². The van der Waals surface area contributed by atoms with E-state index in [0.717, 1.165) is 12.8 Å². The molecule has 102 valence electrons. The van der Waals surface area contributed by atoms with Crippen LogP contribution in [0.1, 0.15) is 24.4 Å². The molecule has 0 spiro atoms. The molecule has 0 saturated heterocycles. The van der Waals surface area contributed by atoms with Gasteiger partial charge in [0.25, 0.3) is 0 Å². The number of benzene rings is 3. The Hall–Kier alpha value is -1.90. The largest absolute Gasteiger partial charge is 0.330 e. The number of hydrogen-bond acceptors (Lipinski definition) is 2. The number of fused-ring (bicyclic) bond motifs is 2. The number of hydrogen-bond donors (Lipinski definition) is 2. The second kappa shape index (κ2) is 5.61. The summed E-state index contributed by atoms with van der Waals surface area (Å²) in [5.74, 6) is 0. The molecule has 1 atom stereocenters. The van der Waals surface area contributed by atoms with Gasteiger partial charge in [0.2, 0.25) is 0 Å². The molecular formula is C18H20N2. The summed E-state index contributed by atoms with van der Waals surface area (Å²) in [6.07, 6.45) is 1.88. The fraction of sp³-hybridized carbons (Fsp3) is 0.222. The molecule has 0 aromatic heterocycles. The van der Waals surface area contributed by atoms with Crippen molar-refractivity contribution < 1.29 is 0 Å². The lowest BCUT2D eigenvalue weighted by Crippen LogP contribution is -2.13. The lowest BCUT2D eigenvalue weighted by atomic mass is 9.91. The zero-order valence-electron chi connectivity index (χ0n) is 11.5. The smallest absolute Gasteiger partial charge is 0.0307 e. The Labute approximate surface area is 119 Å². The van der Waals surface area contributed by atoms with Crippen molar-refractivity contribution in [3.8, 4) is 0 Å². The third kappa shape index (κ3) is 2.28. The second-order valence-corrected chi connectivity index (χ2v) is 5.27. The van der Waals surface area contributed by atoms with Crippen molar-refractivity contribution in [1.82, 2.24) is 0 Å². The molecule has 0 fully saturated rings. The monoisotopic (exact) mass is 264 g/mol. The summed E-state index contributed by atoms with van der Waals surface area (Å²) in [4.78, 5) is 0. The van der Waals surface area contributed by atoms with Gasteiger partial charge in [-0.1, -0.05) is 48.5 Å². The van der Waals surface area contributed by atoms with Gasteiger partial charge in [0.15, 0.2) is 0 Å². The van der Waals surface area contributed by atoms with E-state index in [9.17, 15) is 0 Å². The van der Waals surface area contributed by atoms with Crippen LogP contribution in [-0.4, -0.2) is 6.54 Å². The molecule has 0 aliphatic heterocycles. The molecular weight excluding hydrogens is 244 g/mol. The molecule has 20 heavy (non-hydrogen) atoms. The highest BCUT2D eigenvalue weighted by Crippen LogP contribution is 2.33. The lowest BCUT2D eigenvalue weighted by Gasteiger charge is -2.17. The zero-order valence-corrected chi connectivity index (χ0v) is 11.5. The van der Waals surface area contributed by atoms with Gasteiger partial charge in [-0.15, -0.1) is 0 Å². The molecule has 2 nitrogen and oxygen atoms in total. The van der Waals surface area contributed by atoms with Crippen LogP contribution in [-0.2, 0) is 0 Å². The molecule has 0 unspecified atom stereocenters. The minimum absolute atomic E-state index is 0.0366. The first-order chi connectivity index (χ1) is 9.81. The molecule has 0 saturated carbocycles. The minimum atomic E-state index is 0.0366. The molecule has 0 amide bonds. The van der Waals surface area contributed by atoms with Gasteiger partial charge in [-0.05, 0) is 52.6 Å². The van der Waals surface area contributed by atoms with E-state index in [1.54, 1.807) is 0 Å². The van der Waals surface area contributed by atoms with Gasteiger partial charge in [0.1, 0.15) is 0 Å². The lowest BCUT2D eigenvalue weighted by molar-refractivity contribution is 0.625. The number of rotatable bonds is 4. The van der Waals surface area contributed by atoms with Crippen LogP contribution in [0.3, 0.4) is 0 Å². The standard InChI is InChI=1S/C18H20N2/c19-11-5-10-17(20)18-15-8-3-1-6-13(15)12-14-7-2-4-9-16(14)18/h1-4,6-9,12,17H,5,10-11,19-20H2/t17-/m1/s1. The molecule has 4 N–H and O–H groups in total. The van der Waals surface area contributed by atoms with Crippen LogP contribution in [0.15, 0.2) is 54.6 Å². The van der Waals surface area contributed by atoms with Gasteiger partial charge >= 0.3 is 0 Å². The Kier molecular flexibility index (Phi) is 3.68. The first kappa shape index (κ1) is 13.1. The fourth-order valence-electron chi connectivity index (χ4n) is 2.93. The normalized spacial score (nSPS) is 12.9. The molecule has 0 bridgehead atoms. The molecule has 2 heteroatoms. The van der Waals surface area contributed by atoms with Crippen molar-refractivity contribution in [2.24, 2.45) is 11.5 Å². The third-order valence-corrected chi connectivity index (χ3v) is 3.90. The van der Waals surface area contributed by atoms with Crippen LogP contribution < -0.4 is 11.5 Å². The van der Waals surface area contributed by atoms with E-state index in [1.807, 2.05) is 0 Å². The Morgan fingerprint density at radius 2 is 1.40 bits per heavy atom. The summed E-state index contributed by atoms with van der Waals surface area (Å²) >= 11 is 0. The van der Waals surface area contributed by atoms with Crippen molar-refractivity contribution in [3.63, 3.8) is 0 Å². The topological polar surface area (TPSA) is 52.0 Å². The van der Waals surface area contributed by atoms with E-state index in [2.05, 4.69) is 54.6 Å². The maximum atomic E-state index is 6.46. The predicted molar refractivity (Wildman–Crippen MR) is 86.7 cm³/mol. The zero-order chi connectivity index (χ0) is 13.9. The van der Waals surface area contributed by atoms with Gasteiger partial charge in [0, 0.05) is 6.04 Å². The molecule has 0 aliphatic carbocycles. The van der Waals surface area contributed by atoms with Crippen molar-refractivity contribution in [1.29, 1.82) is 0 Å². The highest BCUT2D eigenvalue weighted by atomic mass is 14.6. The summed E-state index contributed by atoms with van der Waals surface area (Å²) < 4.78 is 0. The van der Waals surface area contributed by atoms with Crippen LogP contribution in [0.5, 0.6) is 0 Å². The summed E-state index contributed by atoms with van der Waals surface area (Å²) in [5, 5.41) is 5.03. The Morgan fingerprint density at radius 3 is 1.95 bits per heavy atom. The summed E-state index contributed by atoms with van der Waals surface area (Å²) in [6, 6.07) is 19.2. The van der Waals surface area contributed by atoms with E-state index >= 15 is 0 Å². The van der Waals surface area contributed by atoms with E-state index < -0.39 is 0 Å². The molecule has 0 aliphatic rings. The van der Waals surface area contributed by atoms with Crippen molar-refractivity contribution in [3.05, 3.63) is 60.2 Å². The van der Waals surface area contributed by atoms with Gasteiger partial charge in [-0.2, -0.15) is 0 Å². The third-order valence-electron chi connectivity index (χ3n) is 3.90. The Bertz CT molecular complexity index is 680. The molecule has 3 aromatic rings. The van der Waals surface area contributed by atoms with Crippen molar-refractivity contribution >= 4 is 21.5 Å². The van der Waals surface area contributed by atoms with Crippen LogP contribution in [0.2, 0.25) is 0 Å². The fourth-order valence-corrected chi connectivity index (χ4v) is 2.93. The molecule has 3 rings (SSSR count). The van der Waals surface area contributed by atoms with Gasteiger partial charge in [-0.25, -0.2) is 0 Å². The van der Waals surface area contributed by atoms with E-state index in [0.29, 0.717) is 6.54 Å². The summed E-state index contributed by atoms with van der Waals surface area (Å²) in [6.45, 7) is 0.691. The van der Waals surface area contributed by atoms with E-state index in [1.165, 1.54) is 27.1 Å². The van der Waals surface area contributed by atoms with E-state index in [-0.39, 0.29) is 6.04 Å². The van der Waals surface area contributed by atoms with Crippen molar-refractivity contribution in [2.75, 3.05) is 6.54 Å². The second-order valence-electron chi connectivity index (χ2n) is 5.27. The average Bonchev–Trinajstić information content (AvgIpc) is 2.50. The summed E-state index contributed by atoms with van der Waals surface area (Å²) in [5.41, 5.74) is 13.3. The molecule has 0 radical (unpaired) electrons. The van der Waals surface area contributed by atoms with Crippen LogP contribution in [0.4, 0.5) is 0 Å². The molecule has 3 aromatic carbocycles. The average molecular weight is 264 g/mol. The maximum Gasteiger partial charge on any atom is 0.0307 e. The van der Waals surface area contributed by atoms with Gasteiger partial charge in [-0.3, -0.25) is 0 Å². The van der Waals surface area contributed by atoms with Gasteiger partial charge < -0.3 is 11.5 Å². The highest BCUT2D eigenvalue weighted by Gasteiger charge is 2.13. The SMILES string of the molecule is NCCC[C@@H](N)c1c2ccccc2cc2ccccc12. The quantitative estimate of drug-likeness (QED) is 0.705. The Balaban J connectivity index is 2.27. The van der Waals surface area contributed by atoms with E-state index in [4.69, 9.17) is 11.5 Å². The van der Waals surface area contributed by atoms with Crippen LogP contribution in [0, 0.1) is 0 Å². The maximum absolute atomic E-state index is 6.46. The summed E-state index contributed by atoms with van der Waals surface area (Å²) in [7, 11) is 0. The highest BCUT2D eigenvalue weighted by molar-refractivity contribution is 6.02. The van der Waals surface area contributed by atoms with Crippen LogP contribution in [0.25, 0.3) is 21.5 Å². The molecule has 0 heterocycles. The Morgan fingerprint density at radius 1 is 0.850 bits per heavy atom. The first-order valence-corrected chi connectivity index (χ1v) is 7.17. The first-order valence-electron chi connectivity index (χ1n) is 7.17. The van der Waals surface area contributed by atoms with Crippen LogP contribution >= 0.6 is 0 Å². The van der Waals surface area contributed by atoms with Gasteiger partial charge in [0.05, 0.1) is 0 Å².